The van der Waals surface area contributed by atoms with Crippen molar-refractivity contribution >= 4 is 11.8 Å². The van der Waals surface area contributed by atoms with E-state index >= 15 is 0 Å². The van der Waals surface area contributed by atoms with Crippen LogP contribution in [0, 0.1) is 5.92 Å². The van der Waals surface area contributed by atoms with Crippen molar-refractivity contribution in [3.05, 3.63) is 35.9 Å². The van der Waals surface area contributed by atoms with E-state index in [-0.39, 0.29) is 23.8 Å². The first-order valence-electron chi connectivity index (χ1n) is 8.74. The third-order valence-corrected chi connectivity index (χ3v) is 4.47. The molecule has 0 aliphatic heterocycles. The van der Waals surface area contributed by atoms with Crippen LogP contribution in [0.25, 0.3) is 0 Å². The first kappa shape index (κ1) is 17.5. The molecule has 1 aliphatic carbocycles. The number of carbonyl (C=O) groups is 2. The Balaban J connectivity index is 1.96. The number of hydrogen-bond donors (Lipinski definition) is 2. The Morgan fingerprint density at radius 3 is 2.17 bits per heavy atom. The van der Waals surface area contributed by atoms with Gasteiger partial charge in [-0.15, -0.1) is 0 Å². The molecule has 4 nitrogen and oxygen atoms in total. The minimum absolute atomic E-state index is 0.0495. The van der Waals surface area contributed by atoms with Gasteiger partial charge in [-0.1, -0.05) is 57.7 Å². The summed E-state index contributed by atoms with van der Waals surface area (Å²) in [5.74, 6) is -0.204. The molecule has 1 aromatic rings. The molecule has 4 heteroatoms. The van der Waals surface area contributed by atoms with Crippen molar-refractivity contribution in [3.8, 4) is 0 Å². The predicted octanol–water partition coefficient (Wildman–Crippen LogP) is 3.28. The summed E-state index contributed by atoms with van der Waals surface area (Å²) < 4.78 is 0. The van der Waals surface area contributed by atoms with Gasteiger partial charge >= 0.3 is 0 Å². The summed E-state index contributed by atoms with van der Waals surface area (Å²) in [5, 5.41) is 6.03. The first-order valence-corrected chi connectivity index (χ1v) is 8.74. The summed E-state index contributed by atoms with van der Waals surface area (Å²) in [6, 6.07) is 8.79. The van der Waals surface area contributed by atoms with Crippen LogP contribution in [0.3, 0.4) is 0 Å². The molecule has 1 saturated carbocycles. The van der Waals surface area contributed by atoms with E-state index in [1.54, 1.807) is 12.1 Å². The largest absolute Gasteiger partial charge is 0.352 e. The molecule has 0 spiro atoms. The van der Waals surface area contributed by atoms with Gasteiger partial charge in [0.2, 0.25) is 5.91 Å². The van der Waals surface area contributed by atoms with Gasteiger partial charge in [0, 0.05) is 11.6 Å². The van der Waals surface area contributed by atoms with E-state index in [4.69, 9.17) is 0 Å². The van der Waals surface area contributed by atoms with Gasteiger partial charge in [-0.05, 0) is 30.9 Å². The minimum atomic E-state index is -0.494. The molecule has 0 radical (unpaired) electrons. The lowest BCUT2D eigenvalue weighted by Gasteiger charge is -2.25. The summed E-state index contributed by atoms with van der Waals surface area (Å²) in [7, 11) is 0. The number of amides is 2. The fraction of sp³-hybridized carbons (Fsp3) is 0.579. The zero-order chi connectivity index (χ0) is 16.7. The van der Waals surface area contributed by atoms with Gasteiger partial charge in [0.05, 0.1) is 0 Å². The Kier molecular flexibility index (Phi) is 6.63. The minimum Gasteiger partial charge on any atom is -0.352 e. The average Bonchev–Trinajstić information content (AvgIpc) is 2.81. The highest BCUT2D eigenvalue weighted by atomic mass is 16.2. The third-order valence-electron chi connectivity index (χ3n) is 4.47. The molecule has 2 N–H and O–H groups in total. The van der Waals surface area contributed by atoms with Gasteiger partial charge in [0.15, 0.2) is 0 Å². The van der Waals surface area contributed by atoms with Crippen LogP contribution in [0.5, 0.6) is 0 Å². The summed E-state index contributed by atoms with van der Waals surface area (Å²) in [4.78, 5) is 24.9. The van der Waals surface area contributed by atoms with Crippen molar-refractivity contribution in [2.24, 2.45) is 5.92 Å². The van der Waals surface area contributed by atoms with Gasteiger partial charge in [-0.3, -0.25) is 9.59 Å². The maximum Gasteiger partial charge on any atom is 0.251 e. The average molecular weight is 316 g/mol. The van der Waals surface area contributed by atoms with Crippen LogP contribution in [-0.2, 0) is 4.79 Å². The fourth-order valence-corrected chi connectivity index (χ4v) is 3.06. The molecule has 2 rings (SSSR count). The molecule has 23 heavy (non-hydrogen) atoms. The second-order valence-corrected chi connectivity index (χ2v) is 6.76. The van der Waals surface area contributed by atoms with Gasteiger partial charge in [0.1, 0.15) is 6.04 Å². The topological polar surface area (TPSA) is 58.2 Å². The first-order chi connectivity index (χ1) is 11.1. The Labute approximate surface area is 139 Å². The van der Waals surface area contributed by atoms with Crippen molar-refractivity contribution in [3.63, 3.8) is 0 Å². The highest BCUT2D eigenvalue weighted by Gasteiger charge is 2.26. The fourth-order valence-electron chi connectivity index (χ4n) is 3.06. The lowest BCUT2D eigenvalue weighted by Crippen LogP contribution is -2.52. The maximum absolute atomic E-state index is 12.6. The normalized spacial score (nSPS) is 17.3. The summed E-state index contributed by atoms with van der Waals surface area (Å²) in [6.45, 7) is 3.92. The van der Waals surface area contributed by atoms with Crippen LogP contribution in [0.15, 0.2) is 30.3 Å². The van der Waals surface area contributed by atoms with E-state index in [9.17, 15) is 9.59 Å². The molecule has 1 unspecified atom stereocenters. The monoisotopic (exact) mass is 316 g/mol. The molecule has 1 aromatic carbocycles. The Bertz CT molecular complexity index is 505. The number of rotatable bonds is 5. The molecule has 1 aliphatic rings. The van der Waals surface area contributed by atoms with E-state index in [2.05, 4.69) is 10.6 Å². The lowest BCUT2D eigenvalue weighted by atomic mass is 10.0. The molecular weight excluding hydrogens is 288 g/mol. The van der Waals surface area contributed by atoms with E-state index < -0.39 is 6.04 Å². The van der Waals surface area contributed by atoms with Gasteiger partial charge in [-0.2, -0.15) is 0 Å². The number of carbonyl (C=O) groups excluding carboxylic acids is 2. The Morgan fingerprint density at radius 2 is 1.61 bits per heavy atom. The molecule has 0 aromatic heterocycles. The maximum atomic E-state index is 12.6. The van der Waals surface area contributed by atoms with Gasteiger partial charge in [0.25, 0.3) is 5.91 Å². The molecule has 126 valence electrons. The van der Waals surface area contributed by atoms with Crippen molar-refractivity contribution < 1.29 is 9.59 Å². The van der Waals surface area contributed by atoms with E-state index in [0.717, 1.165) is 12.8 Å². The summed E-state index contributed by atoms with van der Waals surface area (Å²) in [5.41, 5.74) is 0.584. The standard InChI is InChI=1S/C19H28N2O2/c1-14(2)17(21-18(22)15-10-6-5-7-11-15)19(23)20-16-12-8-3-4-9-13-16/h5-7,10-11,14,16-17H,3-4,8-9,12-13H2,1-2H3,(H,20,23)(H,21,22). The number of hydrogen-bond acceptors (Lipinski definition) is 2. The second-order valence-electron chi connectivity index (χ2n) is 6.76. The predicted molar refractivity (Wildman–Crippen MR) is 92.2 cm³/mol. The molecule has 0 heterocycles. The van der Waals surface area contributed by atoms with E-state index in [1.165, 1.54) is 25.7 Å². The van der Waals surface area contributed by atoms with Crippen LogP contribution < -0.4 is 10.6 Å². The smallest absolute Gasteiger partial charge is 0.251 e. The van der Waals surface area contributed by atoms with Crippen LogP contribution in [0.2, 0.25) is 0 Å². The van der Waals surface area contributed by atoms with Crippen LogP contribution in [0.1, 0.15) is 62.7 Å². The van der Waals surface area contributed by atoms with Crippen molar-refractivity contribution in [2.45, 2.75) is 64.5 Å². The summed E-state index contributed by atoms with van der Waals surface area (Å²) >= 11 is 0. The SMILES string of the molecule is CC(C)C(NC(=O)c1ccccc1)C(=O)NC1CCCCCC1. The molecule has 1 atom stereocenters. The lowest BCUT2D eigenvalue weighted by molar-refractivity contribution is -0.124. The van der Waals surface area contributed by atoms with Gasteiger partial charge < -0.3 is 10.6 Å². The molecular formula is C19H28N2O2. The van der Waals surface area contributed by atoms with E-state index in [1.807, 2.05) is 32.0 Å². The highest BCUT2D eigenvalue weighted by molar-refractivity contribution is 5.97. The van der Waals surface area contributed by atoms with Gasteiger partial charge in [-0.25, -0.2) is 0 Å². The van der Waals surface area contributed by atoms with Crippen molar-refractivity contribution in [1.82, 2.24) is 10.6 Å². The number of benzene rings is 1. The van der Waals surface area contributed by atoms with Crippen LogP contribution >= 0.6 is 0 Å². The molecule has 0 saturated heterocycles. The number of nitrogens with one attached hydrogen (secondary N) is 2. The third kappa shape index (κ3) is 5.38. The summed E-state index contributed by atoms with van der Waals surface area (Å²) in [6.07, 6.45) is 6.95. The second kappa shape index (κ2) is 8.70. The highest BCUT2D eigenvalue weighted by Crippen LogP contribution is 2.17. The van der Waals surface area contributed by atoms with E-state index in [0.29, 0.717) is 5.56 Å². The Hall–Kier alpha value is -1.84. The van der Waals surface area contributed by atoms with Crippen LogP contribution in [0.4, 0.5) is 0 Å². The molecule has 1 fully saturated rings. The molecule has 0 bridgehead atoms. The van der Waals surface area contributed by atoms with Crippen molar-refractivity contribution in [1.29, 1.82) is 0 Å². The zero-order valence-corrected chi connectivity index (χ0v) is 14.2. The quantitative estimate of drug-likeness (QED) is 0.819. The van der Waals surface area contributed by atoms with Crippen LogP contribution in [-0.4, -0.2) is 23.9 Å². The molecule has 2 amide bonds. The Morgan fingerprint density at radius 1 is 1.00 bits per heavy atom. The van der Waals surface area contributed by atoms with Crippen molar-refractivity contribution in [2.75, 3.05) is 0 Å². The zero-order valence-electron chi connectivity index (χ0n) is 14.2.